The van der Waals surface area contributed by atoms with Gasteiger partial charge in [-0.3, -0.25) is 9.59 Å². The van der Waals surface area contributed by atoms with Gasteiger partial charge in [0.05, 0.1) is 17.6 Å². The smallest absolute Gasteiger partial charge is 0.306 e. The summed E-state index contributed by atoms with van der Waals surface area (Å²) < 4.78 is 0. The number of carbonyl (C=O) groups excluding carboxylic acids is 1. The molecule has 1 aromatic rings. The van der Waals surface area contributed by atoms with Crippen LogP contribution in [0.2, 0.25) is 0 Å². The van der Waals surface area contributed by atoms with E-state index in [1.54, 1.807) is 24.3 Å². The predicted octanol–water partition coefficient (Wildman–Crippen LogP) is 1.93. The highest BCUT2D eigenvalue weighted by molar-refractivity contribution is 5.94. The summed E-state index contributed by atoms with van der Waals surface area (Å²) in [6, 6.07) is 8.30. The van der Waals surface area contributed by atoms with Crippen LogP contribution in [0.5, 0.6) is 0 Å². The Kier molecular flexibility index (Phi) is 4.36. The van der Waals surface area contributed by atoms with Gasteiger partial charge in [-0.25, -0.2) is 0 Å². The van der Waals surface area contributed by atoms with Gasteiger partial charge in [0.1, 0.15) is 0 Å². The van der Waals surface area contributed by atoms with E-state index in [1.807, 2.05) is 6.07 Å². The van der Waals surface area contributed by atoms with Crippen molar-refractivity contribution in [2.75, 3.05) is 0 Å². The maximum atomic E-state index is 12.0. The molecule has 2 rings (SSSR count). The molecule has 1 fully saturated rings. The van der Waals surface area contributed by atoms with Crippen molar-refractivity contribution in [3.63, 3.8) is 0 Å². The zero-order valence-corrected chi connectivity index (χ0v) is 11.0. The van der Waals surface area contributed by atoms with E-state index in [2.05, 4.69) is 5.32 Å². The topological polar surface area (TPSA) is 90.2 Å². The molecule has 0 spiro atoms. The van der Waals surface area contributed by atoms with Crippen molar-refractivity contribution in [1.29, 1.82) is 5.26 Å². The molecule has 1 amide bonds. The van der Waals surface area contributed by atoms with Crippen LogP contribution in [0, 0.1) is 17.2 Å². The van der Waals surface area contributed by atoms with Crippen LogP contribution in [0.15, 0.2) is 24.3 Å². The number of hydrogen-bond donors (Lipinski definition) is 2. The zero-order chi connectivity index (χ0) is 14.5. The summed E-state index contributed by atoms with van der Waals surface area (Å²) in [5.74, 6) is -1.37. The molecule has 5 nitrogen and oxygen atoms in total. The summed E-state index contributed by atoms with van der Waals surface area (Å²) in [6.07, 6.45) is 2.79. The van der Waals surface area contributed by atoms with E-state index in [0.29, 0.717) is 24.0 Å². The van der Waals surface area contributed by atoms with Gasteiger partial charge in [-0.05, 0) is 43.5 Å². The lowest BCUT2D eigenvalue weighted by molar-refractivity contribution is -0.143. The Hall–Kier alpha value is -2.35. The highest BCUT2D eigenvalue weighted by Gasteiger charge is 2.27. The van der Waals surface area contributed by atoms with Crippen LogP contribution in [0.3, 0.4) is 0 Å². The first-order chi connectivity index (χ1) is 9.60. The van der Waals surface area contributed by atoms with E-state index in [0.717, 1.165) is 12.8 Å². The predicted molar refractivity (Wildman–Crippen MR) is 72.0 cm³/mol. The molecule has 0 bridgehead atoms. The number of hydrogen-bond acceptors (Lipinski definition) is 3. The number of carboxylic acids is 1. The first kappa shape index (κ1) is 14.1. The summed E-state index contributed by atoms with van der Waals surface area (Å²) >= 11 is 0. The van der Waals surface area contributed by atoms with Crippen molar-refractivity contribution in [1.82, 2.24) is 5.32 Å². The summed E-state index contributed by atoms with van der Waals surface area (Å²) in [6.45, 7) is 0. The van der Waals surface area contributed by atoms with Crippen LogP contribution in [0.1, 0.15) is 41.6 Å². The summed E-state index contributed by atoms with van der Waals surface area (Å²) in [5, 5.41) is 20.6. The number of rotatable bonds is 3. The highest BCUT2D eigenvalue weighted by atomic mass is 16.4. The lowest BCUT2D eigenvalue weighted by Gasteiger charge is -2.27. The maximum Gasteiger partial charge on any atom is 0.306 e. The molecule has 1 aliphatic carbocycles. The van der Waals surface area contributed by atoms with Crippen molar-refractivity contribution < 1.29 is 14.7 Å². The van der Waals surface area contributed by atoms with E-state index in [1.165, 1.54) is 0 Å². The van der Waals surface area contributed by atoms with Gasteiger partial charge in [0.2, 0.25) is 0 Å². The van der Waals surface area contributed by atoms with E-state index in [9.17, 15) is 9.59 Å². The standard InChI is InChI=1S/C15H16N2O3/c16-9-10-4-6-11(7-5-10)14(18)17-13-3-1-2-12(8-13)15(19)20/h4-7,12-13H,1-3,8H2,(H,17,18)(H,19,20). The average Bonchev–Trinajstić information content (AvgIpc) is 2.47. The van der Waals surface area contributed by atoms with Gasteiger partial charge in [-0.1, -0.05) is 6.42 Å². The number of amides is 1. The van der Waals surface area contributed by atoms with E-state index < -0.39 is 5.97 Å². The molecule has 0 heterocycles. The molecule has 1 aliphatic rings. The Morgan fingerprint density at radius 3 is 2.55 bits per heavy atom. The van der Waals surface area contributed by atoms with Crippen LogP contribution in [0.4, 0.5) is 0 Å². The molecule has 2 N–H and O–H groups in total. The molecule has 5 heteroatoms. The van der Waals surface area contributed by atoms with Gasteiger partial charge in [-0.15, -0.1) is 0 Å². The molecule has 0 aliphatic heterocycles. The molecule has 0 aromatic heterocycles. The Labute approximate surface area is 117 Å². The molecule has 2 atom stereocenters. The van der Waals surface area contributed by atoms with Gasteiger partial charge in [0, 0.05) is 11.6 Å². The lowest BCUT2D eigenvalue weighted by atomic mass is 9.85. The molecular formula is C15H16N2O3. The minimum atomic E-state index is -0.790. The largest absolute Gasteiger partial charge is 0.481 e. The number of nitrogens with zero attached hydrogens (tertiary/aromatic N) is 1. The number of benzene rings is 1. The average molecular weight is 272 g/mol. The fraction of sp³-hybridized carbons (Fsp3) is 0.400. The fourth-order valence-corrected chi connectivity index (χ4v) is 2.51. The molecule has 104 valence electrons. The SMILES string of the molecule is N#Cc1ccc(C(=O)NC2CCCC(C(=O)O)C2)cc1. The first-order valence-corrected chi connectivity index (χ1v) is 6.64. The van der Waals surface area contributed by atoms with Crippen LogP contribution in [-0.4, -0.2) is 23.0 Å². The van der Waals surface area contributed by atoms with Crippen molar-refractivity contribution in [2.24, 2.45) is 5.92 Å². The van der Waals surface area contributed by atoms with Crippen molar-refractivity contribution in [3.8, 4) is 6.07 Å². The quantitative estimate of drug-likeness (QED) is 0.879. The lowest BCUT2D eigenvalue weighted by Crippen LogP contribution is -2.39. The summed E-state index contributed by atoms with van der Waals surface area (Å²) in [7, 11) is 0. The normalized spacial score (nSPS) is 21.8. The molecule has 2 unspecified atom stereocenters. The minimum Gasteiger partial charge on any atom is -0.481 e. The van der Waals surface area contributed by atoms with Crippen molar-refractivity contribution >= 4 is 11.9 Å². The molecular weight excluding hydrogens is 256 g/mol. The number of nitrogens with one attached hydrogen (secondary N) is 1. The van der Waals surface area contributed by atoms with Gasteiger partial charge in [-0.2, -0.15) is 5.26 Å². The Morgan fingerprint density at radius 1 is 1.25 bits per heavy atom. The van der Waals surface area contributed by atoms with E-state index in [-0.39, 0.29) is 17.9 Å². The number of carboxylic acid groups (broad SMARTS) is 1. The van der Waals surface area contributed by atoms with E-state index >= 15 is 0 Å². The number of nitriles is 1. The third-order valence-electron chi connectivity index (χ3n) is 3.63. The third-order valence-corrected chi connectivity index (χ3v) is 3.63. The van der Waals surface area contributed by atoms with Gasteiger partial charge in [0.15, 0.2) is 0 Å². The Bertz CT molecular complexity index is 545. The van der Waals surface area contributed by atoms with Crippen LogP contribution in [0.25, 0.3) is 0 Å². The van der Waals surface area contributed by atoms with Gasteiger partial charge < -0.3 is 10.4 Å². The van der Waals surface area contributed by atoms with Crippen LogP contribution in [-0.2, 0) is 4.79 Å². The second kappa shape index (κ2) is 6.20. The molecule has 0 radical (unpaired) electrons. The fourth-order valence-electron chi connectivity index (χ4n) is 2.51. The van der Waals surface area contributed by atoms with E-state index in [4.69, 9.17) is 10.4 Å². The summed E-state index contributed by atoms with van der Waals surface area (Å²) in [5.41, 5.74) is 0.992. The minimum absolute atomic E-state index is 0.0898. The first-order valence-electron chi connectivity index (χ1n) is 6.64. The molecule has 0 saturated heterocycles. The third kappa shape index (κ3) is 3.35. The van der Waals surface area contributed by atoms with Gasteiger partial charge >= 0.3 is 5.97 Å². The van der Waals surface area contributed by atoms with Crippen LogP contribution >= 0.6 is 0 Å². The zero-order valence-electron chi connectivity index (χ0n) is 11.0. The summed E-state index contributed by atoms with van der Waals surface area (Å²) in [4.78, 5) is 23.0. The second-order valence-electron chi connectivity index (χ2n) is 5.06. The van der Waals surface area contributed by atoms with Crippen molar-refractivity contribution in [2.45, 2.75) is 31.7 Å². The molecule has 1 aromatic carbocycles. The maximum absolute atomic E-state index is 12.0. The monoisotopic (exact) mass is 272 g/mol. The van der Waals surface area contributed by atoms with Gasteiger partial charge in [0.25, 0.3) is 5.91 Å². The molecule has 1 saturated carbocycles. The highest BCUT2D eigenvalue weighted by Crippen LogP contribution is 2.24. The van der Waals surface area contributed by atoms with Crippen LogP contribution < -0.4 is 5.32 Å². The number of carbonyl (C=O) groups is 2. The van der Waals surface area contributed by atoms with Crippen molar-refractivity contribution in [3.05, 3.63) is 35.4 Å². The Morgan fingerprint density at radius 2 is 1.95 bits per heavy atom. The Balaban J connectivity index is 1.96. The molecule has 20 heavy (non-hydrogen) atoms. The number of aliphatic carboxylic acids is 1. The second-order valence-corrected chi connectivity index (χ2v) is 5.06.